The van der Waals surface area contributed by atoms with Crippen LogP contribution >= 0.6 is 0 Å². The number of esters is 2. The Morgan fingerprint density at radius 1 is 0.424 bits per heavy atom. The Morgan fingerprint density at radius 3 is 1.09 bits per heavy atom. The molecule has 0 heterocycles. The van der Waals surface area contributed by atoms with Crippen LogP contribution in [0, 0.1) is 37.5 Å². The highest BCUT2D eigenvalue weighted by atomic mass is 16.5. The molecule has 6 aromatic carbocycles. The number of benzene rings is 6. The number of ether oxygens (including phenoxy) is 6. The van der Waals surface area contributed by atoms with Gasteiger partial charge in [-0.2, -0.15) is 0 Å². The van der Waals surface area contributed by atoms with Crippen LogP contribution in [0.3, 0.4) is 0 Å². The molecule has 8 heteroatoms. The van der Waals surface area contributed by atoms with E-state index in [0.29, 0.717) is 39.6 Å². The zero-order valence-corrected chi connectivity index (χ0v) is 37.6. The second-order valence-corrected chi connectivity index (χ2v) is 15.3. The van der Waals surface area contributed by atoms with E-state index in [2.05, 4.69) is 87.1 Å². The van der Waals surface area contributed by atoms with Crippen molar-refractivity contribution in [3.63, 3.8) is 0 Å². The van der Waals surface area contributed by atoms with Crippen molar-refractivity contribution in [3.8, 4) is 57.8 Å². The first-order valence-electron chi connectivity index (χ1n) is 22.0. The van der Waals surface area contributed by atoms with Crippen LogP contribution in [0.2, 0.25) is 0 Å². The molecular weight excluding hydrogens is 825 g/mol. The van der Waals surface area contributed by atoms with Gasteiger partial charge in [-0.1, -0.05) is 73.2 Å². The highest BCUT2D eigenvalue weighted by Crippen LogP contribution is 2.28. The van der Waals surface area contributed by atoms with Crippen LogP contribution in [0.25, 0.3) is 11.1 Å². The number of aryl methyl sites for hydroxylation is 2. The van der Waals surface area contributed by atoms with Crippen LogP contribution in [0.4, 0.5) is 0 Å². The van der Waals surface area contributed by atoms with E-state index in [1.165, 1.54) is 11.1 Å². The van der Waals surface area contributed by atoms with Crippen LogP contribution in [-0.4, -0.2) is 38.4 Å². The minimum atomic E-state index is -0.406. The molecule has 0 spiro atoms. The van der Waals surface area contributed by atoms with Gasteiger partial charge < -0.3 is 28.4 Å². The highest BCUT2D eigenvalue weighted by Gasteiger charge is 2.08. The molecule has 66 heavy (non-hydrogen) atoms. The summed E-state index contributed by atoms with van der Waals surface area (Å²) in [7, 11) is 0. The van der Waals surface area contributed by atoms with Crippen molar-refractivity contribution in [3.05, 3.63) is 203 Å². The maximum absolute atomic E-state index is 11.1. The third-order valence-corrected chi connectivity index (χ3v) is 10.2. The van der Waals surface area contributed by atoms with Gasteiger partial charge in [0.05, 0.1) is 26.4 Å². The van der Waals surface area contributed by atoms with Gasteiger partial charge in [0.2, 0.25) is 0 Å². The van der Waals surface area contributed by atoms with Crippen molar-refractivity contribution >= 4 is 11.9 Å². The monoisotopic (exact) mass is 878 g/mol. The summed E-state index contributed by atoms with van der Waals surface area (Å²) >= 11 is 0. The molecule has 0 amide bonds. The molecule has 334 valence electrons. The van der Waals surface area contributed by atoms with Gasteiger partial charge in [0.1, 0.15) is 36.2 Å². The first-order chi connectivity index (χ1) is 32.2. The van der Waals surface area contributed by atoms with Gasteiger partial charge in [0.25, 0.3) is 0 Å². The van der Waals surface area contributed by atoms with Gasteiger partial charge in [-0.15, -0.1) is 0 Å². The fourth-order valence-corrected chi connectivity index (χ4v) is 6.59. The van der Waals surface area contributed by atoms with E-state index in [9.17, 15) is 9.59 Å². The van der Waals surface area contributed by atoms with Crippen LogP contribution in [0.5, 0.6) is 23.0 Å². The number of hydrogen-bond acceptors (Lipinski definition) is 8. The maximum atomic E-state index is 11.1. The van der Waals surface area contributed by atoms with Crippen molar-refractivity contribution < 1.29 is 38.0 Å². The Hall–Kier alpha value is -7.94. The van der Waals surface area contributed by atoms with Gasteiger partial charge in [0.15, 0.2) is 0 Å². The number of carbonyl (C=O) groups is 2. The minimum absolute atomic E-state index is 0.357. The molecule has 0 aliphatic heterocycles. The van der Waals surface area contributed by atoms with E-state index in [4.69, 9.17) is 28.4 Å². The second-order valence-electron chi connectivity index (χ2n) is 15.3. The average Bonchev–Trinajstić information content (AvgIpc) is 3.35. The second kappa shape index (κ2) is 25.4. The SMILES string of the molecule is C=CC(=O)OCCCCOc1ccc(OCc2ccc(C#Cc3ccc(-c4ccc(C#Cc5ccc(COc6ccc(OCCCCOC(=O)C=C)cc6)cc5)cc4C)c(C)c3)cc2)cc1. The molecule has 0 radical (unpaired) electrons. The summed E-state index contributed by atoms with van der Waals surface area (Å²) in [6.07, 6.45) is 5.33. The first kappa shape index (κ1) is 47.5. The molecule has 8 nitrogen and oxygen atoms in total. The molecule has 0 bridgehead atoms. The van der Waals surface area contributed by atoms with E-state index in [1.54, 1.807) is 0 Å². The molecule has 0 N–H and O–H groups in total. The van der Waals surface area contributed by atoms with Crippen LogP contribution in [-0.2, 0) is 32.3 Å². The molecule has 0 fully saturated rings. The minimum Gasteiger partial charge on any atom is -0.494 e. The molecule has 0 aliphatic rings. The lowest BCUT2D eigenvalue weighted by atomic mass is 9.94. The molecule has 0 aliphatic carbocycles. The zero-order chi connectivity index (χ0) is 46.4. The average molecular weight is 879 g/mol. The maximum Gasteiger partial charge on any atom is 0.330 e. The van der Waals surface area contributed by atoms with Gasteiger partial charge in [-0.05, 0) is 170 Å². The lowest BCUT2D eigenvalue weighted by Gasteiger charge is -2.10. The Balaban J connectivity index is 0.923. The van der Waals surface area contributed by atoms with Crippen molar-refractivity contribution in [1.82, 2.24) is 0 Å². The van der Waals surface area contributed by atoms with Crippen molar-refractivity contribution in [2.24, 2.45) is 0 Å². The summed E-state index contributed by atoms with van der Waals surface area (Å²) in [5.41, 5.74) is 10.5. The standard InChI is InChI=1S/C58H54O8/c1-5-57(59)63-37-9-7-35-61-51-25-29-53(30-26-51)65-41-49-19-13-45(14-20-49)11-17-47-23-33-55(43(3)39-47)56-34-24-48(40-44(56)4)18-12-46-15-21-50(22-16-46)42-66-54-31-27-52(28-32-54)62-36-8-10-38-64-58(60)6-2/h5-6,13-16,19-34,39-40H,1-2,7-10,35-38,41-42H2,3-4H3. The third kappa shape index (κ3) is 15.7. The van der Waals surface area contributed by atoms with Crippen molar-refractivity contribution in [1.29, 1.82) is 0 Å². The Bertz CT molecular complexity index is 2490. The molecule has 6 aromatic rings. The van der Waals surface area contributed by atoms with Gasteiger partial charge >= 0.3 is 11.9 Å². The number of unbranched alkanes of at least 4 members (excludes halogenated alkanes) is 2. The summed E-state index contributed by atoms with van der Waals surface area (Å²) in [5.74, 6) is 15.5. The Morgan fingerprint density at radius 2 is 0.742 bits per heavy atom. The molecule has 0 unspecified atom stereocenters. The molecule has 0 atom stereocenters. The lowest BCUT2D eigenvalue weighted by Crippen LogP contribution is -2.04. The van der Waals surface area contributed by atoms with E-state index in [1.807, 2.05) is 97.1 Å². The number of hydrogen-bond donors (Lipinski definition) is 0. The van der Waals surface area contributed by atoms with Crippen LogP contribution < -0.4 is 18.9 Å². The smallest absolute Gasteiger partial charge is 0.330 e. The predicted molar refractivity (Wildman–Crippen MR) is 260 cm³/mol. The molecule has 0 saturated carbocycles. The fraction of sp³-hybridized carbons (Fsp3) is 0.207. The molecule has 0 saturated heterocycles. The Kier molecular flexibility index (Phi) is 18.3. The van der Waals surface area contributed by atoms with Gasteiger partial charge in [0, 0.05) is 34.4 Å². The first-order valence-corrected chi connectivity index (χ1v) is 22.0. The lowest BCUT2D eigenvalue weighted by molar-refractivity contribution is -0.138. The summed E-state index contributed by atoms with van der Waals surface area (Å²) in [5, 5.41) is 0. The summed E-state index contributed by atoms with van der Waals surface area (Å²) in [6.45, 7) is 13.7. The van der Waals surface area contributed by atoms with E-state index in [0.717, 1.165) is 105 Å². The van der Waals surface area contributed by atoms with Crippen molar-refractivity contribution in [2.45, 2.75) is 52.7 Å². The highest BCUT2D eigenvalue weighted by molar-refractivity contribution is 5.81. The Labute approximate surface area is 388 Å². The van der Waals surface area contributed by atoms with Gasteiger partial charge in [-0.3, -0.25) is 0 Å². The van der Waals surface area contributed by atoms with Gasteiger partial charge in [-0.25, -0.2) is 9.59 Å². The molecule has 6 rings (SSSR count). The van der Waals surface area contributed by atoms with Crippen LogP contribution in [0.15, 0.2) is 159 Å². The largest absolute Gasteiger partial charge is 0.494 e. The fourth-order valence-electron chi connectivity index (χ4n) is 6.59. The molecular formula is C58H54O8. The van der Waals surface area contributed by atoms with E-state index >= 15 is 0 Å². The normalized spacial score (nSPS) is 10.3. The predicted octanol–water partition coefficient (Wildman–Crippen LogP) is 11.7. The summed E-state index contributed by atoms with van der Waals surface area (Å²) < 4.78 is 33.5. The third-order valence-electron chi connectivity index (χ3n) is 10.2. The topological polar surface area (TPSA) is 89.5 Å². The molecule has 0 aromatic heterocycles. The zero-order valence-electron chi connectivity index (χ0n) is 37.6. The summed E-state index contributed by atoms with van der Waals surface area (Å²) in [6, 6.07) is 44.0. The van der Waals surface area contributed by atoms with E-state index < -0.39 is 11.9 Å². The van der Waals surface area contributed by atoms with Crippen molar-refractivity contribution in [2.75, 3.05) is 26.4 Å². The van der Waals surface area contributed by atoms with E-state index in [-0.39, 0.29) is 0 Å². The summed E-state index contributed by atoms with van der Waals surface area (Å²) in [4.78, 5) is 22.2. The quantitative estimate of drug-likeness (QED) is 0.0306. The number of carbonyl (C=O) groups excluding carboxylic acids is 2. The van der Waals surface area contributed by atoms with Crippen LogP contribution in [0.1, 0.15) is 70.2 Å². The number of rotatable bonds is 21.